The molecule has 8 nitrogen and oxygen atoms in total. The Morgan fingerprint density at radius 3 is 1.52 bits per heavy atom. The summed E-state index contributed by atoms with van der Waals surface area (Å²) in [5.74, 6) is 0. The van der Waals surface area contributed by atoms with Gasteiger partial charge in [-0.15, -0.1) is 0 Å². The Kier molecular flexibility index (Phi) is 8.12. The van der Waals surface area contributed by atoms with Crippen molar-refractivity contribution in [1.29, 1.82) is 0 Å². The smallest absolute Gasteiger partial charge is 0.399 e. The topological polar surface area (TPSA) is 83.4 Å². The summed E-state index contributed by atoms with van der Waals surface area (Å²) < 4.78 is 25.2. The first-order valence-electron chi connectivity index (χ1n) is 10.3. The number of hydrogen-bond donors (Lipinski definition) is 1. The lowest BCUT2D eigenvalue weighted by atomic mass is 9.82. The van der Waals surface area contributed by atoms with Crippen LogP contribution in [0.1, 0.15) is 55.4 Å². The minimum atomic E-state index is -0.307. The van der Waals surface area contributed by atoms with Gasteiger partial charge in [-0.25, -0.2) is 0 Å². The van der Waals surface area contributed by atoms with Crippen LogP contribution in [0.5, 0.6) is 0 Å². The molecule has 2 aliphatic heterocycles. The van der Waals surface area contributed by atoms with Crippen molar-refractivity contribution < 1.29 is 18.6 Å². The fourth-order valence-corrected chi connectivity index (χ4v) is 2.91. The van der Waals surface area contributed by atoms with E-state index in [1.807, 2.05) is 73.6 Å². The highest BCUT2D eigenvalue weighted by molar-refractivity contribution is 14.1. The molecule has 2 aromatic rings. The van der Waals surface area contributed by atoms with Crippen LogP contribution < -0.4 is 10.9 Å². The first-order chi connectivity index (χ1) is 14.2. The Hall–Kier alpha value is -0.880. The lowest BCUT2D eigenvalue weighted by Gasteiger charge is -2.32. The maximum absolute atomic E-state index is 5.89. The third kappa shape index (κ3) is 5.73. The summed E-state index contributed by atoms with van der Waals surface area (Å²) in [6, 6.07) is 0. The van der Waals surface area contributed by atoms with Gasteiger partial charge in [-0.2, -0.15) is 10.2 Å². The molecule has 0 amide bonds. The molecule has 0 radical (unpaired) electrons. The average molecular weight is 544 g/mol. The number of hydrogen-bond acceptors (Lipinski definition) is 6. The molecule has 2 saturated heterocycles. The van der Waals surface area contributed by atoms with Crippen molar-refractivity contribution >= 4 is 47.8 Å². The molecule has 0 unspecified atom stereocenters. The van der Waals surface area contributed by atoms with Crippen LogP contribution in [0.2, 0.25) is 0 Å². The third-order valence-corrected chi connectivity index (χ3v) is 6.30. The van der Waals surface area contributed by atoms with Gasteiger partial charge < -0.3 is 18.6 Å². The number of H-pyrrole nitrogens is 1. The molecule has 0 aromatic carbocycles. The molecule has 0 saturated carbocycles. The Bertz CT molecular complexity index is 808. The van der Waals surface area contributed by atoms with Gasteiger partial charge >= 0.3 is 14.2 Å². The van der Waals surface area contributed by atoms with Crippen LogP contribution in [0, 0.1) is 0 Å². The van der Waals surface area contributed by atoms with Crippen molar-refractivity contribution in [3.63, 3.8) is 0 Å². The number of halogens is 1. The number of aryl methyl sites for hydroxylation is 1. The molecule has 0 aliphatic carbocycles. The summed E-state index contributed by atoms with van der Waals surface area (Å²) in [4.78, 5) is 1.97. The van der Waals surface area contributed by atoms with Crippen molar-refractivity contribution in [2.75, 3.05) is 4.93 Å². The molecule has 1 N–H and O–H groups in total. The molecule has 4 heterocycles. The zero-order valence-electron chi connectivity index (χ0n) is 20.3. The van der Waals surface area contributed by atoms with Gasteiger partial charge in [0.25, 0.3) is 0 Å². The highest BCUT2D eigenvalue weighted by Crippen LogP contribution is 2.37. The summed E-state index contributed by atoms with van der Waals surface area (Å²) in [6.07, 6.45) is 7.22. The zero-order chi connectivity index (χ0) is 23.7. The molecule has 2 aromatic heterocycles. The highest BCUT2D eigenvalue weighted by Gasteiger charge is 2.52. The van der Waals surface area contributed by atoms with E-state index in [1.54, 1.807) is 23.3 Å². The van der Waals surface area contributed by atoms with Gasteiger partial charge in [-0.3, -0.25) is 9.78 Å². The molecule has 0 spiro atoms. The van der Waals surface area contributed by atoms with E-state index in [1.165, 1.54) is 0 Å². The lowest BCUT2D eigenvalue weighted by molar-refractivity contribution is 0.00578. The second kappa shape index (κ2) is 9.54. The van der Waals surface area contributed by atoms with Crippen molar-refractivity contribution in [3.8, 4) is 0 Å². The summed E-state index contributed by atoms with van der Waals surface area (Å²) in [5, 5.41) is 10.7. The lowest BCUT2D eigenvalue weighted by Crippen LogP contribution is -2.41. The standard InChI is InChI=1S/C10H17BN2O2.C9H15BN2O2.CH3I/c1-9(2)10(3,4)15-11(14-9)8-6-12-13(5)7-8;1-8(2)9(3,4)14-10(13-8)7-5-11-12-6-7;1-2/h6-7H,1-5H3;5-6H,1-4H3,(H,11,12);1H3. The van der Waals surface area contributed by atoms with E-state index >= 15 is 0 Å². The number of aromatic nitrogens is 4. The minimum Gasteiger partial charge on any atom is -0.399 e. The Balaban J connectivity index is 0.000000204. The second-order valence-electron chi connectivity index (χ2n) is 9.66. The molecule has 31 heavy (non-hydrogen) atoms. The SMILES string of the molecule is CC1(C)OB(c2cn[nH]c2)OC1(C)C.CI.Cn1cc(B2OC(C)(C)C(C)(C)O2)cn1. The average Bonchev–Trinajstić information content (AvgIpc) is 3.39. The van der Waals surface area contributed by atoms with E-state index < -0.39 is 0 Å². The van der Waals surface area contributed by atoms with Gasteiger partial charge in [0.15, 0.2) is 0 Å². The van der Waals surface area contributed by atoms with E-state index in [9.17, 15) is 0 Å². The summed E-state index contributed by atoms with van der Waals surface area (Å²) in [5.41, 5.74) is 0.769. The molecule has 172 valence electrons. The number of aromatic amines is 1. The molecule has 0 bridgehead atoms. The van der Waals surface area contributed by atoms with Crippen LogP contribution in [0.4, 0.5) is 0 Å². The Morgan fingerprint density at radius 1 is 0.774 bits per heavy atom. The van der Waals surface area contributed by atoms with Crippen LogP contribution >= 0.6 is 22.6 Å². The molecular formula is C20H35B2IN4O4. The second-order valence-corrected chi connectivity index (χ2v) is 9.66. The molecular weight excluding hydrogens is 509 g/mol. The third-order valence-electron chi connectivity index (χ3n) is 6.30. The maximum Gasteiger partial charge on any atom is 0.498 e. The van der Waals surface area contributed by atoms with Crippen molar-refractivity contribution in [2.45, 2.75) is 77.8 Å². The number of nitrogens with zero attached hydrogens (tertiary/aromatic N) is 3. The van der Waals surface area contributed by atoms with Gasteiger partial charge in [0.1, 0.15) is 0 Å². The predicted molar refractivity (Wildman–Crippen MR) is 133 cm³/mol. The number of rotatable bonds is 2. The monoisotopic (exact) mass is 544 g/mol. The number of alkyl halides is 1. The van der Waals surface area contributed by atoms with Crippen LogP contribution in [-0.2, 0) is 25.7 Å². The van der Waals surface area contributed by atoms with Gasteiger partial charge in [0.2, 0.25) is 0 Å². The van der Waals surface area contributed by atoms with E-state index in [2.05, 4.69) is 37.9 Å². The fraction of sp³-hybridized carbons (Fsp3) is 0.700. The van der Waals surface area contributed by atoms with E-state index in [0.717, 1.165) is 10.9 Å². The van der Waals surface area contributed by atoms with Crippen LogP contribution in [0.3, 0.4) is 0 Å². The van der Waals surface area contributed by atoms with Crippen LogP contribution in [0.15, 0.2) is 24.8 Å². The van der Waals surface area contributed by atoms with Gasteiger partial charge in [-0.1, -0.05) is 22.6 Å². The first kappa shape index (κ1) is 26.4. The van der Waals surface area contributed by atoms with Gasteiger partial charge in [-0.05, 0) is 60.3 Å². The van der Waals surface area contributed by atoms with E-state index in [-0.39, 0.29) is 36.6 Å². The molecule has 0 atom stereocenters. The maximum atomic E-state index is 5.89. The van der Waals surface area contributed by atoms with Crippen LogP contribution in [-0.4, -0.2) is 61.5 Å². The van der Waals surface area contributed by atoms with Crippen LogP contribution in [0.25, 0.3) is 0 Å². The quantitative estimate of drug-likeness (QED) is 0.356. The summed E-state index contributed by atoms with van der Waals surface area (Å²) >= 11 is 2.15. The molecule has 4 rings (SSSR count). The van der Waals surface area contributed by atoms with Crippen molar-refractivity contribution in [2.24, 2.45) is 7.05 Å². The van der Waals surface area contributed by atoms with Crippen molar-refractivity contribution in [1.82, 2.24) is 20.0 Å². The molecule has 11 heteroatoms. The number of nitrogens with one attached hydrogen (secondary N) is 1. The largest absolute Gasteiger partial charge is 0.498 e. The predicted octanol–water partition coefficient (Wildman–Crippen LogP) is 2.48. The Labute approximate surface area is 200 Å². The van der Waals surface area contributed by atoms with E-state index in [4.69, 9.17) is 18.6 Å². The summed E-state index contributed by atoms with van der Waals surface area (Å²) in [6.45, 7) is 16.3. The van der Waals surface area contributed by atoms with Gasteiger partial charge in [0.05, 0.1) is 22.4 Å². The fourth-order valence-electron chi connectivity index (χ4n) is 2.91. The van der Waals surface area contributed by atoms with Crippen molar-refractivity contribution in [3.05, 3.63) is 24.8 Å². The van der Waals surface area contributed by atoms with E-state index in [0.29, 0.717) is 0 Å². The minimum absolute atomic E-state index is 0.283. The zero-order valence-corrected chi connectivity index (χ0v) is 22.5. The molecule has 2 fully saturated rings. The highest BCUT2D eigenvalue weighted by atomic mass is 127. The van der Waals surface area contributed by atoms with Gasteiger partial charge in [0, 0.05) is 42.8 Å². The normalized spacial score (nSPS) is 22.4. The Morgan fingerprint density at radius 2 is 1.19 bits per heavy atom. The first-order valence-corrected chi connectivity index (χ1v) is 12.5. The summed E-state index contributed by atoms with van der Waals surface area (Å²) in [7, 11) is 1.27. The molecule has 2 aliphatic rings.